The summed E-state index contributed by atoms with van der Waals surface area (Å²) in [5, 5.41) is 13.6. The molecule has 1 fully saturated rings. The first-order valence-electron chi connectivity index (χ1n) is 11.9. The van der Waals surface area contributed by atoms with Crippen LogP contribution in [-0.2, 0) is 6.42 Å². The van der Waals surface area contributed by atoms with Crippen LogP contribution >= 0.6 is 0 Å². The first-order valence-corrected chi connectivity index (χ1v) is 11.9. The lowest BCUT2D eigenvalue weighted by Crippen LogP contribution is -2.31. The minimum atomic E-state index is -0.0354. The van der Waals surface area contributed by atoms with E-state index in [9.17, 15) is 4.79 Å². The van der Waals surface area contributed by atoms with Crippen molar-refractivity contribution in [1.29, 1.82) is 5.26 Å². The largest absolute Gasteiger partial charge is 0.346 e. The number of rotatable bonds is 5. The number of nitrogens with zero attached hydrogens (tertiary/aromatic N) is 4. The number of hydrogen-bond donors (Lipinski definition) is 2. The number of imidazole rings is 1. The number of benzene rings is 2. The molecule has 1 saturated heterocycles. The molecule has 7 nitrogen and oxygen atoms in total. The number of ketones is 1. The van der Waals surface area contributed by atoms with Gasteiger partial charge in [-0.15, -0.1) is 0 Å². The molecule has 0 radical (unpaired) electrons. The normalized spacial score (nSPS) is 15.9. The van der Waals surface area contributed by atoms with Crippen LogP contribution in [0.15, 0.2) is 67.3 Å². The van der Waals surface area contributed by atoms with Crippen molar-refractivity contribution in [1.82, 2.24) is 24.8 Å². The number of fused-ring (bicyclic) bond motifs is 2. The van der Waals surface area contributed by atoms with Gasteiger partial charge in [0.1, 0.15) is 5.65 Å². The predicted octanol–water partition coefficient (Wildman–Crippen LogP) is 4.80. The van der Waals surface area contributed by atoms with E-state index < -0.39 is 0 Å². The van der Waals surface area contributed by atoms with E-state index in [0.717, 1.165) is 58.3 Å². The molecule has 5 aromatic rings. The monoisotopic (exact) mass is 460 g/mol. The Hall–Kier alpha value is -4.28. The van der Waals surface area contributed by atoms with Crippen LogP contribution < -0.4 is 5.32 Å². The molecule has 0 bridgehead atoms. The van der Waals surface area contributed by atoms with Gasteiger partial charge in [-0.2, -0.15) is 5.26 Å². The van der Waals surface area contributed by atoms with Crippen molar-refractivity contribution in [2.24, 2.45) is 0 Å². The van der Waals surface area contributed by atoms with Crippen LogP contribution in [0.3, 0.4) is 0 Å². The smallest absolute Gasteiger partial charge is 0.167 e. The van der Waals surface area contributed by atoms with Crippen LogP contribution in [0.4, 0.5) is 0 Å². The number of H-pyrrole nitrogens is 1. The Morgan fingerprint density at radius 1 is 1.17 bits per heavy atom. The van der Waals surface area contributed by atoms with E-state index in [0.29, 0.717) is 17.2 Å². The molecule has 2 aromatic carbocycles. The van der Waals surface area contributed by atoms with Gasteiger partial charge in [-0.3, -0.25) is 4.79 Å². The average Bonchev–Trinajstić information content (AvgIpc) is 3.53. The average molecular weight is 461 g/mol. The van der Waals surface area contributed by atoms with Gasteiger partial charge >= 0.3 is 0 Å². The number of Topliss-reactive ketones (excluding diaryl/α,β-unsaturated/α-hetero) is 1. The quantitative estimate of drug-likeness (QED) is 0.367. The fraction of sp³-hybridized carbons (Fsp3) is 0.214. The van der Waals surface area contributed by atoms with Crippen LogP contribution in [-0.4, -0.2) is 38.4 Å². The molecule has 1 aliphatic rings. The number of carbonyl (C=O) groups excluding carboxylic acids is 1. The molecule has 7 heteroatoms. The van der Waals surface area contributed by atoms with E-state index in [1.165, 1.54) is 6.42 Å². The van der Waals surface area contributed by atoms with Gasteiger partial charge in [-0.05, 0) is 60.8 Å². The molecule has 172 valence electrons. The maximum Gasteiger partial charge on any atom is 0.167 e. The van der Waals surface area contributed by atoms with Crippen molar-refractivity contribution in [2.45, 2.75) is 25.3 Å². The van der Waals surface area contributed by atoms with E-state index >= 15 is 0 Å². The third-order valence-corrected chi connectivity index (χ3v) is 6.82. The molecule has 3 aromatic heterocycles. The summed E-state index contributed by atoms with van der Waals surface area (Å²) < 4.78 is 2.29. The molecule has 0 spiro atoms. The van der Waals surface area contributed by atoms with Crippen molar-refractivity contribution in [2.75, 3.05) is 13.1 Å². The van der Waals surface area contributed by atoms with Gasteiger partial charge in [0.2, 0.25) is 0 Å². The molecule has 0 aliphatic carbocycles. The SMILES string of the molecule is N#Cc1cccc(C(=O)Cc2cnc3[nH]cc(-c4ccc5ncn(C6CCCNC6)c5c4)c3c2)c1. The topological polar surface area (TPSA) is 99.4 Å². The zero-order valence-corrected chi connectivity index (χ0v) is 19.2. The van der Waals surface area contributed by atoms with Gasteiger partial charge in [0, 0.05) is 47.9 Å². The molecule has 6 rings (SSSR count). The Kier molecular flexibility index (Phi) is 5.36. The first-order chi connectivity index (χ1) is 17.2. The summed E-state index contributed by atoms with van der Waals surface area (Å²) in [6, 6.07) is 17.7. The Morgan fingerprint density at radius 2 is 2.11 bits per heavy atom. The minimum Gasteiger partial charge on any atom is -0.346 e. The third-order valence-electron chi connectivity index (χ3n) is 6.82. The van der Waals surface area contributed by atoms with Gasteiger partial charge in [0.15, 0.2) is 5.78 Å². The second-order valence-corrected chi connectivity index (χ2v) is 9.09. The number of nitrogens with one attached hydrogen (secondary N) is 2. The van der Waals surface area contributed by atoms with Gasteiger partial charge in [-0.1, -0.05) is 18.2 Å². The summed E-state index contributed by atoms with van der Waals surface area (Å²) in [6.45, 7) is 2.03. The summed E-state index contributed by atoms with van der Waals surface area (Å²) in [7, 11) is 0. The first kappa shape index (κ1) is 21.3. The number of aromatic amines is 1. The van der Waals surface area contributed by atoms with Crippen molar-refractivity contribution in [3.63, 3.8) is 0 Å². The molecule has 0 amide bonds. The number of pyridine rings is 1. The van der Waals surface area contributed by atoms with Gasteiger partial charge in [0.05, 0.1) is 29.0 Å². The summed E-state index contributed by atoms with van der Waals surface area (Å²) in [6.07, 6.45) is 8.21. The van der Waals surface area contributed by atoms with Crippen molar-refractivity contribution in [3.8, 4) is 17.2 Å². The fourth-order valence-corrected chi connectivity index (χ4v) is 4.99. The second-order valence-electron chi connectivity index (χ2n) is 9.09. The highest BCUT2D eigenvalue weighted by atomic mass is 16.1. The van der Waals surface area contributed by atoms with Gasteiger partial charge < -0.3 is 14.9 Å². The molecule has 1 unspecified atom stereocenters. The highest BCUT2D eigenvalue weighted by Gasteiger charge is 2.18. The number of carbonyl (C=O) groups is 1. The molecule has 35 heavy (non-hydrogen) atoms. The molecule has 2 N–H and O–H groups in total. The minimum absolute atomic E-state index is 0.0354. The van der Waals surface area contributed by atoms with Crippen LogP contribution in [0.1, 0.15) is 40.4 Å². The number of hydrogen-bond acceptors (Lipinski definition) is 5. The molecule has 0 saturated carbocycles. The Balaban J connectivity index is 1.34. The predicted molar refractivity (Wildman–Crippen MR) is 135 cm³/mol. The zero-order valence-electron chi connectivity index (χ0n) is 19.2. The van der Waals surface area contributed by atoms with Gasteiger partial charge in [-0.25, -0.2) is 9.97 Å². The van der Waals surface area contributed by atoms with Crippen LogP contribution in [0.25, 0.3) is 33.2 Å². The van der Waals surface area contributed by atoms with Crippen LogP contribution in [0, 0.1) is 11.3 Å². The highest BCUT2D eigenvalue weighted by Crippen LogP contribution is 2.32. The highest BCUT2D eigenvalue weighted by molar-refractivity contribution is 5.99. The van der Waals surface area contributed by atoms with Crippen molar-refractivity contribution >= 4 is 27.9 Å². The van der Waals surface area contributed by atoms with E-state index in [2.05, 4.69) is 49.1 Å². The summed E-state index contributed by atoms with van der Waals surface area (Å²) >= 11 is 0. The fourth-order valence-electron chi connectivity index (χ4n) is 4.99. The molecular weight excluding hydrogens is 436 g/mol. The summed E-state index contributed by atoms with van der Waals surface area (Å²) in [5.74, 6) is -0.0354. The number of piperidine rings is 1. The Labute approximate surface area is 202 Å². The van der Waals surface area contributed by atoms with Crippen LogP contribution in [0.5, 0.6) is 0 Å². The second kappa shape index (κ2) is 8.82. The third kappa shape index (κ3) is 3.98. The van der Waals surface area contributed by atoms with E-state index in [-0.39, 0.29) is 12.2 Å². The summed E-state index contributed by atoms with van der Waals surface area (Å²) in [5.41, 5.74) is 6.89. The lowest BCUT2D eigenvalue weighted by molar-refractivity contribution is 0.0993. The van der Waals surface area contributed by atoms with E-state index in [4.69, 9.17) is 5.26 Å². The van der Waals surface area contributed by atoms with Crippen LogP contribution in [0.2, 0.25) is 0 Å². The number of aromatic nitrogens is 4. The molecular formula is C28H24N6O. The lowest BCUT2D eigenvalue weighted by Gasteiger charge is -2.24. The van der Waals surface area contributed by atoms with E-state index in [1.54, 1.807) is 30.5 Å². The van der Waals surface area contributed by atoms with Crippen molar-refractivity contribution in [3.05, 3.63) is 83.9 Å². The van der Waals surface area contributed by atoms with Crippen molar-refractivity contribution < 1.29 is 4.79 Å². The maximum atomic E-state index is 12.9. The maximum absolute atomic E-state index is 12.9. The molecule has 1 atom stereocenters. The summed E-state index contributed by atoms with van der Waals surface area (Å²) in [4.78, 5) is 25.3. The van der Waals surface area contributed by atoms with E-state index in [1.807, 2.05) is 18.6 Å². The van der Waals surface area contributed by atoms with Gasteiger partial charge in [0.25, 0.3) is 0 Å². The standard InChI is InChI=1S/C28H24N6O/c29-13-18-3-1-4-21(9-18)27(35)11-19-10-23-24(16-32-28(23)31-14-19)20-6-7-25-26(12-20)34(17-33-25)22-5-2-8-30-15-22/h1,3-4,6-7,9-10,12,14,16-17,22,30H,2,5,8,11,15H2,(H,31,32). The number of nitriles is 1. The molecule has 4 heterocycles. The molecule has 1 aliphatic heterocycles. The lowest BCUT2D eigenvalue weighted by atomic mass is 10.00. The Morgan fingerprint density at radius 3 is 2.97 bits per heavy atom. The zero-order chi connectivity index (χ0) is 23.8. The Bertz CT molecular complexity index is 1600.